The van der Waals surface area contributed by atoms with Crippen molar-refractivity contribution >= 4 is 17.6 Å². The summed E-state index contributed by atoms with van der Waals surface area (Å²) in [5.41, 5.74) is 11.5. The average Bonchev–Trinajstić information content (AvgIpc) is 2.59. The van der Waals surface area contributed by atoms with Gasteiger partial charge in [0.25, 0.3) is 0 Å². The summed E-state index contributed by atoms with van der Waals surface area (Å²) >= 11 is 0. The highest BCUT2D eigenvalue weighted by Gasteiger charge is 2.16. The monoisotopic (exact) mass is 239 g/mol. The molecule has 0 aliphatic rings. The van der Waals surface area contributed by atoms with Gasteiger partial charge in [-0.3, -0.25) is 4.79 Å². The number of hydrogen-bond acceptors (Lipinski definition) is 4. The molecule has 0 bridgehead atoms. The number of nitrogens with zero attached hydrogens (tertiary/aromatic N) is 1. The molecule has 6 nitrogen and oxygen atoms in total. The highest BCUT2D eigenvalue weighted by Crippen LogP contribution is 2.17. The third-order valence-corrected chi connectivity index (χ3v) is 2.22. The molecule has 1 aromatic heterocycles. The number of carbonyl (C=O) groups is 2. The fourth-order valence-electron chi connectivity index (χ4n) is 1.41. The first-order valence-corrected chi connectivity index (χ1v) is 5.34. The Morgan fingerprint density at radius 3 is 2.65 bits per heavy atom. The van der Waals surface area contributed by atoms with Gasteiger partial charge in [-0.05, 0) is 19.9 Å². The number of rotatable bonds is 5. The van der Waals surface area contributed by atoms with Crippen molar-refractivity contribution in [2.24, 2.45) is 5.73 Å². The van der Waals surface area contributed by atoms with E-state index in [4.69, 9.17) is 16.2 Å². The van der Waals surface area contributed by atoms with Crippen LogP contribution in [0.2, 0.25) is 0 Å². The topological polar surface area (TPSA) is 100 Å². The number of ether oxygens (including phenoxy) is 1. The van der Waals surface area contributed by atoms with Crippen molar-refractivity contribution < 1.29 is 14.3 Å². The molecule has 0 atom stereocenters. The lowest BCUT2D eigenvalue weighted by atomic mass is 10.3. The minimum absolute atomic E-state index is 0.0165. The van der Waals surface area contributed by atoms with Crippen LogP contribution in [0.1, 0.15) is 36.8 Å². The van der Waals surface area contributed by atoms with Gasteiger partial charge in [0, 0.05) is 12.2 Å². The number of nitrogens with two attached hydrogens (primary N) is 2. The highest BCUT2D eigenvalue weighted by molar-refractivity contribution is 5.89. The van der Waals surface area contributed by atoms with Gasteiger partial charge in [0.1, 0.15) is 12.3 Å². The van der Waals surface area contributed by atoms with Crippen LogP contribution in [0.15, 0.2) is 12.3 Å². The molecule has 94 valence electrons. The summed E-state index contributed by atoms with van der Waals surface area (Å²) in [6.45, 7) is 3.84. The molecule has 0 aliphatic heterocycles. The van der Waals surface area contributed by atoms with E-state index in [1.165, 1.54) is 0 Å². The van der Waals surface area contributed by atoms with Gasteiger partial charge in [-0.2, -0.15) is 0 Å². The first-order chi connectivity index (χ1) is 7.91. The first kappa shape index (κ1) is 13.1. The van der Waals surface area contributed by atoms with Crippen molar-refractivity contribution in [2.45, 2.75) is 26.3 Å². The molecule has 0 unspecified atom stereocenters. The number of nitrogen functional groups attached to an aromatic ring is 1. The van der Waals surface area contributed by atoms with Gasteiger partial charge < -0.3 is 20.8 Å². The van der Waals surface area contributed by atoms with Crippen molar-refractivity contribution in [3.8, 4) is 0 Å². The Labute approximate surface area is 99.5 Å². The summed E-state index contributed by atoms with van der Waals surface area (Å²) in [6.07, 6.45) is 1.69. The van der Waals surface area contributed by atoms with Crippen LogP contribution in [-0.4, -0.2) is 23.1 Å². The summed E-state index contributed by atoms with van der Waals surface area (Å²) in [4.78, 5) is 22.2. The van der Waals surface area contributed by atoms with E-state index in [2.05, 4.69) is 0 Å². The lowest BCUT2D eigenvalue weighted by molar-refractivity contribution is -0.118. The van der Waals surface area contributed by atoms with E-state index < -0.39 is 11.9 Å². The first-order valence-electron chi connectivity index (χ1n) is 5.34. The Bertz CT molecular complexity index is 424. The number of primary amides is 1. The maximum atomic E-state index is 11.7. The minimum atomic E-state index is -0.503. The third-order valence-electron chi connectivity index (χ3n) is 2.22. The number of aromatic nitrogens is 1. The standard InChI is InChI=1S/C11H17N3O3/c1-7(2)14-6-8(12)5-9(14)11(16)17-4-3-10(13)15/h5-7H,3-4,12H2,1-2H3,(H2,13,15). The SMILES string of the molecule is CC(C)n1cc(N)cc1C(=O)OCCC(N)=O. The van der Waals surface area contributed by atoms with Gasteiger partial charge in [0.05, 0.1) is 12.1 Å². The lowest BCUT2D eigenvalue weighted by Gasteiger charge is -2.11. The van der Waals surface area contributed by atoms with E-state index in [9.17, 15) is 9.59 Å². The van der Waals surface area contributed by atoms with Crippen molar-refractivity contribution in [1.82, 2.24) is 4.57 Å². The average molecular weight is 239 g/mol. The van der Waals surface area contributed by atoms with Gasteiger partial charge in [-0.15, -0.1) is 0 Å². The molecular formula is C11H17N3O3. The molecule has 0 aromatic carbocycles. The van der Waals surface area contributed by atoms with Crippen molar-refractivity contribution in [3.63, 3.8) is 0 Å². The zero-order valence-corrected chi connectivity index (χ0v) is 9.97. The number of hydrogen-bond donors (Lipinski definition) is 2. The Morgan fingerprint density at radius 2 is 2.12 bits per heavy atom. The number of anilines is 1. The van der Waals surface area contributed by atoms with E-state index in [-0.39, 0.29) is 19.1 Å². The van der Waals surface area contributed by atoms with Crippen LogP contribution >= 0.6 is 0 Å². The smallest absolute Gasteiger partial charge is 0.355 e. The maximum Gasteiger partial charge on any atom is 0.355 e. The molecule has 0 saturated heterocycles. The van der Waals surface area contributed by atoms with Crippen LogP contribution in [0.4, 0.5) is 5.69 Å². The predicted molar refractivity (Wildman–Crippen MR) is 63.3 cm³/mol. The van der Waals surface area contributed by atoms with E-state index in [0.29, 0.717) is 11.4 Å². The molecule has 0 saturated carbocycles. The van der Waals surface area contributed by atoms with Crippen LogP contribution < -0.4 is 11.5 Å². The quantitative estimate of drug-likeness (QED) is 0.738. The summed E-state index contributed by atoms with van der Waals surface area (Å²) < 4.78 is 6.65. The van der Waals surface area contributed by atoms with Gasteiger partial charge in [-0.25, -0.2) is 4.79 Å². The summed E-state index contributed by atoms with van der Waals surface area (Å²) in [6, 6.07) is 1.65. The molecular weight excluding hydrogens is 222 g/mol. The maximum absolute atomic E-state index is 11.7. The predicted octanol–water partition coefficient (Wildman–Crippen LogP) is 0.683. The van der Waals surface area contributed by atoms with Gasteiger partial charge in [0.2, 0.25) is 5.91 Å². The largest absolute Gasteiger partial charge is 0.460 e. The van der Waals surface area contributed by atoms with E-state index in [1.54, 1.807) is 16.8 Å². The lowest BCUT2D eigenvalue weighted by Crippen LogP contribution is -2.18. The number of esters is 1. The fourth-order valence-corrected chi connectivity index (χ4v) is 1.41. The van der Waals surface area contributed by atoms with Crippen molar-refractivity contribution in [2.75, 3.05) is 12.3 Å². The molecule has 0 radical (unpaired) electrons. The molecule has 17 heavy (non-hydrogen) atoms. The van der Waals surface area contributed by atoms with Crippen LogP contribution in [-0.2, 0) is 9.53 Å². The van der Waals surface area contributed by atoms with Gasteiger partial charge in [0.15, 0.2) is 0 Å². The molecule has 0 fully saturated rings. The normalized spacial score (nSPS) is 10.5. The van der Waals surface area contributed by atoms with Crippen LogP contribution in [0.25, 0.3) is 0 Å². The Balaban J connectivity index is 2.71. The van der Waals surface area contributed by atoms with Gasteiger partial charge in [-0.1, -0.05) is 0 Å². The number of carbonyl (C=O) groups excluding carboxylic acids is 2. The van der Waals surface area contributed by atoms with Crippen LogP contribution in [0.5, 0.6) is 0 Å². The molecule has 0 aliphatic carbocycles. The van der Waals surface area contributed by atoms with E-state index in [0.717, 1.165) is 0 Å². The molecule has 1 heterocycles. The van der Waals surface area contributed by atoms with E-state index >= 15 is 0 Å². The zero-order chi connectivity index (χ0) is 13.0. The highest BCUT2D eigenvalue weighted by atomic mass is 16.5. The summed E-state index contributed by atoms with van der Waals surface area (Å²) in [5.74, 6) is -1.01. The molecule has 1 rings (SSSR count). The Hall–Kier alpha value is -1.98. The Kier molecular flexibility index (Phi) is 4.14. The molecule has 1 amide bonds. The molecule has 6 heteroatoms. The second-order valence-corrected chi connectivity index (χ2v) is 4.01. The molecule has 0 spiro atoms. The van der Waals surface area contributed by atoms with E-state index in [1.807, 2.05) is 13.8 Å². The Morgan fingerprint density at radius 1 is 1.47 bits per heavy atom. The zero-order valence-electron chi connectivity index (χ0n) is 9.97. The van der Waals surface area contributed by atoms with Gasteiger partial charge >= 0.3 is 5.97 Å². The molecule has 1 aromatic rings. The fraction of sp³-hybridized carbons (Fsp3) is 0.455. The minimum Gasteiger partial charge on any atom is -0.460 e. The second kappa shape index (κ2) is 5.38. The second-order valence-electron chi connectivity index (χ2n) is 4.01. The number of amides is 1. The van der Waals surface area contributed by atoms with Crippen molar-refractivity contribution in [1.29, 1.82) is 0 Å². The van der Waals surface area contributed by atoms with Crippen molar-refractivity contribution in [3.05, 3.63) is 18.0 Å². The molecule has 4 N–H and O–H groups in total. The summed E-state index contributed by atoms with van der Waals surface area (Å²) in [7, 11) is 0. The van der Waals surface area contributed by atoms with Crippen LogP contribution in [0.3, 0.4) is 0 Å². The van der Waals surface area contributed by atoms with Crippen LogP contribution in [0, 0.1) is 0 Å². The summed E-state index contributed by atoms with van der Waals surface area (Å²) in [5, 5.41) is 0. The third kappa shape index (κ3) is 3.51.